The molecule has 34 heavy (non-hydrogen) atoms. The quantitative estimate of drug-likeness (QED) is 0.391. The summed E-state index contributed by atoms with van der Waals surface area (Å²) in [5.41, 5.74) is 4.24. The lowest BCUT2D eigenvalue weighted by molar-refractivity contribution is -0.0835. The smallest absolute Gasteiger partial charge is 0.145 e. The molecule has 1 unspecified atom stereocenters. The number of rotatable bonds is 7. The zero-order valence-corrected chi connectivity index (χ0v) is 19.8. The van der Waals surface area contributed by atoms with Gasteiger partial charge in [0, 0.05) is 36.5 Å². The molecule has 6 nitrogen and oxygen atoms in total. The van der Waals surface area contributed by atoms with Gasteiger partial charge in [0.1, 0.15) is 5.82 Å². The molecule has 0 aliphatic carbocycles. The molecule has 4 aromatic rings. The number of nitrogens with one attached hydrogen (secondary N) is 1. The van der Waals surface area contributed by atoms with Crippen molar-refractivity contribution >= 4 is 5.82 Å². The second kappa shape index (κ2) is 9.39. The fourth-order valence-electron chi connectivity index (χ4n) is 5.10. The van der Waals surface area contributed by atoms with Crippen molar-refractivity contribution in [1.29, 1.82) is 0 Å². The normalized spacial score (nSPS) is 19.6. The Morgan fingerprint density at radius 2 is 1.82 bits per heavy atom. The van der Waals surface area contributed by atoms with Crippen molar-refractivity contribution in [1.82, 2.24) is 19.7 Å². The molecule has 1 aliphatic rings. The molecule has 0 bridgehead atoms. The van der Waals surface area contributed by atoms with E-state index < -0.39 is 0 Å². The van der Waals surface area contributed by atoms with Crippen LogP contribution in [-0.4, -0.2) is 38.5 Å². The Kier molecular flexibility index (Phi) is 6.16. The Bertz CT molecular complexity index is 1210. The Hall–Kier alpha value is -3.51. The summed E-state index contributed by atoms with van der Waals surface area (Å²) in [5.74, 6) is 0.795. The number of ether oxygens (including phenoxy) is 1. The summed E-state index contributed by atoms with van der Waals surface area (Å²) in [5, 5.41) is 7.81. The first-order valence-electron chi connectivity index (χ1n) is 11.9. The molecule has 1 aliphatic heterocycles. The van der Waals surface area contributed by atoms with Gasteiger partial charge in [0.05, 0.1) is 29.4 Å². The van der Waals surface area contributed by atoms with Gasteiger partial charge in [-0.05, 0) is 56.9 Å². The molecule has 0 amide bonds. The molecule has 5 rings (SSSR count). The van der Waals surface area contributed by atoms with Gasteiger partial charge in [-0.25, -0.2) is 9.67 Å². The molecule has 0 radical (unpaired) electrons. The second-order valence-corrected chi connectivity index (χ2v) is 9.65. The third-order valence-corrected chi connectivity index (χ3v) is 6.70. The number of aromatic nitrogens is 4. The van der Waals surface area contributed by atoms with Crippen LogP contribution in [0, 0.1) is 0 Å². The summed E-state index contributed by atoms with van der Waals surface area (Å²) in [6.07, 6.45) is 10.3. The third-order valence-electron chi connectivity index (χ3n) is 6.70. The van der Waals surface area contributed by atoms with Gasteiger partial charge >= 0.3 is 0 Å². The fourth-order valence-corrected chi connectivity index (χ4v) is 5.10. The van der Waals surface area contributed by atoms with Crippen LogP contribution in [-0.2, 0) is 10.2 Å². The highest BCUT2D eigenvalue weighted by molar-refractivity contribution is 5.61. The van der Waals surface area contributed by atoms with E-state index in [1.165, 1.54) is 5.56 Å². The van der Waals surface area contributed by atoms with E-state index in [1.807, 2.05) is 29.1 Å². The Morgan fingerprint density at radius 1 is 1.00 bits per heavy atom. The minimum absolute atomic E-state index is 0.0867. The van der Waals surface area contributed by atoms with Gasteiger partial charge < -0.3 is 10.1 Å². The third kappa shape index (κ3) is 4.87. The van der Waals surface area contributed by atoms with Gasteiger partial charge in [0.2, 0.25) is 0 Å². The fraction of sp³-hybridized carbons (Fsp3) is 0.321. The monoisotopic (exact) mass is 453 g/mol. The molecular formula is C28H31N5O. The summed E-state index contributed by atoms with van der Waals surface area (Å²) in [6, 6.07) is 21.0. The number of hydrogen-bond acceptors (Lipinski definition) is 5. The molecule has 2 aromatic carbocycles. The number of anilines is 1. The number of benzene rings is 2. The highest BCUT2D eigenvalue weighted by atomic mass is 16.5. The average Bonchev–Trinajstić information content (AvgIpc) is 3.40. The van der Waals surface area contributed by atoms with Crippen molar-refractivity contribution < 1.29 is 4.74 Å². The van der Waals surface area contributed by atoms with Crippen LogP contribution >= 0.6 is 0 Å². The molecule has 1 fully saturated rings. The number of hydrogen-bond donors (Lipinski definition) is 1. The molecule has 1 saturated heterocycles. The molecule has 3 heterocycles. The van der Waals surface area contributed by atoms with E-state index in [-0.39, 0.29) is 11.0 Å². The van der Waals surface area contributed by atoms with Crippen LogP contribution in [0.25, 0.3) is 16.9 Å². The van der Waals surface area contributed by atoms with Crippen molar-refractivity contribution in [3.05, 3.63) is 91.0 Å². The maximum atomic E-state index is 6.06. The lowest BCUT2D eigenvalue weighted by atomic mass is 9.67. The summed E-state index contributed by atoms with van der Waals surface area (Å²) >= 11 is 0. The average molecular weight is 454 g/mol. The summed E-state index contributed by atoms with van der Waals surface area (Å²) in [7, 11) is 0. The molecule has 2 aromatic heterocycles. The molecule has 6 heteroatoms. The van der Waals surface area contributed by atoms with E-state index in [1.54, 1.807) is 18.6 Å². The summed E-state index contributed by atoms with van der Waals surface area (Å²) in [6.45, 7) is 6.00. The zero-order valence-electron chi connectivity index (χ0n) is 19.8. The first-order chi connectivity index (χ1) is 16.5. The minimum Gasteiger partial charge on any atom is -0.376 e. The molecule has 1 N–H and O–H groups in total. The van der Waals surface area contributed by atoms with Crippen molar-refractivity contribution in [2.75, 3.05) is 18.5 Å². The molecular weight excluding hydrogens is 422 g/mol. The van der Waals surface area contributed by atoms with Crippen LogP contribution in [0.1, 0.15) is 38.7 Å². The topological polar surface area (TPSA) is 64.9 Å². The van der Waals surface area contributed by atoms with E-state index in [0.717, 1.165) is 55.2 Å². The highest BCUT2D eigenvalue weighted by Gasteiger charge is 2.41. The van der Waals surface area contributed by atoms with Crippen LogP contribution in [0.4, 0.5) is 5.82 Å². The van der Waals surface area contributed by atoms with E-state index in [2.05, 4.69) is 71.7 Å². The van der Waals surface area contributed by atoms with Gasteiger partial charge in [0.25, 0.3) is 0 Å². The van der Waals surface area contributed by atoms with Gasteiger partial charge in [-0.2, -0.15) is 5.10 Å². The molecule has 0 saturated carbocycles. The van der Waals surface area contributed by atoms with Crippen molar-refractivity contribution in [3.63, 3.8) is 0 Å². The molecule has 174 valence electrons. The van der Waals surface area contributed by atoms with Crippen molar-refractivity contribution in [3.8, 4) is 16.9 Å². The summed E-state index contributed by atoms with van der Waals surface area (Å²) in [4.78, 5) is 9.26. The van der Waals surface area contributed by atoms with Gasteiger partial charge in [-0.3, -0.25) is 4.98 Å². The van der Waals surface area contributed by atoms with E-state index in [9.17, 15) is 0 Å². The van der Waals surface area contributed by atoms with Crippen LogP contribution in [0.5, 0.6) is 0 Å². The predicted molar refractivity (Wildman–Crippen MR) is 135 cm³/mol. The highest BCUT2D eigenvalue weighted by Crippen LogP contribution is 2.43. The first-order valence-corrected chi connectivity index (χ1v) is 11.9. The largest absolute Gasteiger partial charge is 0.376 e. The van der Waals surface area contributed by atoms with Gasteiger partial charge in [-0.15, -0.1) is 0 Å². The SMILES string of the molecule is CC1(C)CC(CCNc2cncc(-c3ccc(-n4cccn4)cc3)n2)(c2ccccc2)CCO1. The first kappa shape index (κ1) is 22.3. The van der Waals surface area contributed by atoms with E-state index >= 15 is 0 Å². The Balaban J connectivity index is 1.29. The van der Waals surface area contributed by atoms with Crippen molar-refractivity contribution in [2.24, 2.45) is 0 Å². The Labute approximate surface area is 201 Å². The molecule has 1 atom stereocenters. The summed E-state index contributed by atoms with van der Waals surface area (Å²) < 4.78 is 7.90. The second-order valence-electron chi connectivity index (χ2n) is 9.65. The van der Waals surface area contributed by atoms with E-state index in [4.69, 9.17) is 9.72 Å². The molecule has 0 spiro atoms. The predicted octanol–water partition coefficient (Wildman–Crippen LogP) is 5.66. The zero-order chi connectivity index (χ0) is 23.4. The van der Waals surface area contributed by atoms with Crippen LogP contribution in [0.3, 0.4) is 0 Å². The van der Waals surface area contributed by atoms with Crippen molar-refractivity contribution in [2.45, 2.75) is 44.1 Å². The van der Waals surface area contributed by atoms with Crippen LogP contribution in [0.2, 0.25) is 0 Å². The minimum atomic E-state index is -0.129. The van der Waals surface area contributed by atoms with Gasteiger partial charge in [0.15, 0.2) is 0 Å². The lowest BCUT2D eigenvalue weighted by Gasteiger charge is -2.45. The van der Waals surface area contributed by atoms with Gasteiger partial charge in [-0.1, -0.05) is 42.5 Å². The van der Waals surface area contributed by atoms with Crippen LogP contribution in [0.15, 0.2) is 85.5 Å². The number of nitrogens with zero attached hydrogens (tertiary/aromatic N) is 4. The maximum Gasteiger partial charge on any atom is 0.145 e. The van der Waals surface area contributed by atoms with Crippen LogP contribution < -0.4 is 5.32 Å². The van der Waals surface area contributed by atoms with E-state index in [0.29, 0.717) is 0 Å². The standard InChI is InChI=1S/C28H31N5O/c1-27(2)21-28(14-18-34-27,23-7-4-3-5-8-23)13-16-30-26-20-29-19-25(32-26)22-9-11-24(12-10-22)33-17-6-15-31-33/h3-12,15,17,19-20H,13-14,16,18,21H2,1-2H3,(H,30,32). The lowest BCUT2D eigenvalue weighted by Crippen LogP contribution is -2.44. The maximum absolute atomic E-state index is 6.06. The Morgan fingerprint density at radius 3 is 2.56 bits per heavy atom.